The van der Waals surface area contributed by atoms with E-state index in [0.29, 0.717) is 6.54 Å². The maximum Gasteiger partial charge on any atom is 0.331 e. The van der Waals surface area contributed by atoms with Crippen molar-refractivity contribution in [3.8, 4) is 0 Å². The summed E-state index contributed by atoms with van der Waals surface area (Å²) in [7, 11) is 0. The fraction of sp³-hybridized carbons (Fsp3) is 0.200. The number of amides is 1. The molecule has 0 radical (unpaired) electrons. The molecule has 0 saturated heterocycles. The van der Waals surface area contributed by atoms with Crippen molar-refractivity contribution in [1.29, 1.82) is 0 Å². The minimum absolute atomic E-state index is 0.272. The van der Waals surface area contributed by atoms with E-state index >= 15 is 0 Å². The van der Waals surface area contributed by atoms with E-state index in [2.05, 4.69) is 5.32 Å². The Morgan fingerprint density at radius 3 is 2.62 bits per heavy atom. The first-order valence-corrected chi connectivity index (χ1v) is 7.85. The van der Waals surface area contributed by atoms with E-state index in [4.69, 9.17) is 4.74 Å². The molecule has 0 saturated carbocycles. The summed E-state index contributed by atoms with van der Waals surface area (Å²) in [5.41, 5.74) is 3.18. The van der Waals surface area contributed by atoms with Gasteiger partial charge in [-0.25, -0.2) is 4.79 Å². The van der Waals surface area contributed by atoms with Crippen LogP contribution < -0.4 is 5.32 Å². The van der Waals surface area contributed by atoms with Crippen LogP contribution in [0.3, 0.4) is 0 Å². The van der Waals surface area contributed by atoms with Gasteiger partial charge in [0.25, 0.3) is 5.91 Å². The number of esters is 1. The van der Waals surface area contributed by atoms with Gasteiger partial charge in [-0.3, -0.25) is 4.79 Å². The molecular formula is C20H21NO3. The van der Waals surface area contributed by atoms with Crippen molar-refractivity contribution >= 4 is 18.0 Å². The molecule has 0 fully saturated rings. The van der Waals surface area contributed by atoms with Gasteiger partial charge in [-0.2, -0.15) is 0 Å². The second-order valence-corrected chi connectivity index (χ2v) is 5.44. The molecule has 2 aromatic rings. The molecule has 1 amide bonds. The normalized spacial score (nSPS) is 10.5. The van der Waals surface area contributed by atoms with E-state index in [1.165, 1.54) is 6.08 Å². The highest BCUT2D eigenvalue weighted by atomic mass is 16.5. The zero-order valence-electron chi connectivity index (χ0n) is 13.7. The fourth-order valence-corrected chi connectivity index (χ4v) is 2.16. The molecule has 4 heteroatoms. The molecule has 0 unspecified atom stereocenters. The van der Waals surface area contributed by atoms with Crippen molar-refractivity contribution in [2.24, 2.45) is 0 Å². The van der Waals surface area contributed by atoms with E-state index in [1.54, 1.807) is 6.08 Å². The number of nitrogens with one attached hydrogen (secondary N) is 1. The van der Waals surface area contributed by atoms with E-state index in [0.717, 1.165) is 23.1 Å². The molecule has 0 aliphatic rings. The maximum atomic E-state index is 11.6. The molecule has 2 rings (SSSR count). The standard InChI is InChI=1S/C20H21NO3/c1-16-6-5-9-18(14-16)10-11-20(23)24-15-19(22)21-13-12-17-7-3-2-4-8-17/h2-11,14H,12-13,15H2,1H3,(H,21,22)/b11-10+. The lowest BCUT2D eigenvalue weighted by molar-refractivity contribution is -0.143. The molecule has 0 aliphatic heterocycles. The first kappa shape index (κ1) is 17.5. The van der Waals surface area contributed by atoms with Crippen molar-refractivity contribution in [3.05, 3.63) is 77.4 Å². The van der Waals surface area contributed by atoms with Gasteiger partial charge in [0.2, 0.25) is 0 Å². The van der Waals surface area contributed by atoms with Gasteiger partial charge in [-0.15, -0.1) is 0 Å². The molecule has 0 bridgehead atoms. The van der Waals surface area contributed by atoms with Gasteiger partial charge in [-0.1, -0.05) is 60.2 Å². The average molecular weight is 323 g/mol. The van der Waals surface area contributed by atoms with Crippen LogP contribution >= 0.6 is 0 Å². The largest absolute Gasteiger partial charge is 0.452 e. The lowest BCUT2D eigenvalue weighted by Gasteiger charge is -2.05. The summed E-state index contributed by atoms with van der Waals surface area (Å²) in [5.74, 6) is -0.835. The Bertz CT molecular complexity index is 708. The monoisotopic (exact) mass is 323 g/mol. The number of rotatable bonds is 7. The number of ether oxygens (including phenoxy) is 1. The fourth-order valence-electron chi connectivity index (χ4n) is 2.16. The van der Waals surface area contributed by atoms with Crippen LogP contribution in [0.4, 0.5) is 0 Å². The topological polar surface area (TPSA) is 55.4 Å². The van der Waals surface area contributed by atoms with Crippen LogP contribution in [0.2, 0.25) is 0 Å². The first-order valence-electron chi connectivity index (χ1n) is 7.85. The average Bonchev–Trinajstić information content (AvgIpc) is 2.59. The van der Waals surface area contributed by atoms with Crippen molar-refractivity contribution < 1.29 is 14.3 Å². The third kappa shape index (κ3) is 6.48. The number of aryl methyl sites for hydroxylation is 1. The SMILES string of the molecule is Cc1cccc(/C=C/C(=O)OCC(=O)NCCc2ccccc2)c1. The minimum Gasteiger partial charge on any atom is -0.452 e. The molecule has 4 nitrogen and oxygen atoms in total. The van der Waals surface area contributed by atoms with Crippen LogP contribution in [0.1, 0.15) is 16.7 Å². The molecule has 0 heterocycles. The highest BCUT2D eigenvalue weighted by molar-refractivity contribution is 5.89. The van der Waals surface area contributed by atoms with Crippen molar-refractivity contribution in [2.45, 2.75) is 13.3 Å². The number of carbonyl (C=O) groups excluding carboxylic acids is 2. The van der Waals surface area contributed by atoms with Gasteiger partial charge in [0.05, 0.1) is 0 Å². The molecular weight excluding hydrogens is 302 g/mol. The lowest BCUT2D eigenvalue weighted by atomic mass is 10.1. The number of carbonyl (C=O) groups is 2. The Balaban J connectivity index is 1.66. The quantitative estimate of drug-likeness (QED) is 0.630. The summed E-state index contributed by atoms with van der Waals surface area (Å²) < 4.78 is 4.92. The second-order valence-electron chi connectivity index (χ2n) is 5.44. The Kier molecular flexibility index (Phi) is 6.77. The van der Waals surface area contributed by atoms with Crippen LogP contribution in [0, 0.1) is 6.92 Å². The first-order chi connectivity index (χ1) is 11.6. The molecule has 0 spiro atoms. The third-order valence-electron chi connectivity index (χ3n) is 3.38. The number of benzene rings is 2. The summed E-state index contributed by atoms with van der Waals surface area (Å²) in [4.78, 5) is 23.3. The van der Waals surface area contributed by atoms with E-state index in [1.807, 2.05) is 61.5 Å². The van der Waals surface area contributed by atoms with Crippen molar-refractivity contribution in [3.63, 3.8) is 0 Å². The maximum absolute atomic E-state index is 11.6. The summed E-state index contributed by atoms with van der Waals surface area (Å²) in [5, 5.41) is 2.73. The van der Waals surface area contributed by atoms with Gasteiger partial charge in [0, 0.05) is 12.6 Å². The summed E-state index contributed by atoms with van der Waals surface area (Å²) in [6, 6.07) is 17.6. The smallest absolute Gasteiger partial charge is 0.331 e. The van der Waals surface area contributed by atoms with Gasteiger partial charge in [0.15, 0.2) is 6.61 Å². The molecule has 2 aromatic carbocycles. The van der Waals surface area contributed by atoms with Gasteiger partial charge in [0.1, 0.15) is 0 Å². The Labute approximate surface area is 142 Å². The molecule has 0 aromatic heterocycles. The highest BCUT2D eigenvalue weighted by Crippen LogP contribution is 2.05. The third-order valence-corrected chi connectivity index (χ3v) is 3.38. The Hall–Kier alpha value is -2.88. The van der Waals surface area contributed by atoms with Gasteiger partial charge >= 0.3 is 5.97 Å². The number of hydrogen-bond acceptors (Lipinski definition) is 3. The molecule has 0 aliphatic carbocycles. The minimum atomic E-state index is -0.533. The molecule has 1 N–H and O–H groups in total. The zero-order valence-corrected chi connectivity index (χ0v) is 13.7. The van der Waals surface area contributed by atoms with Crippen LogP contribution in [0.15, 0.2) is 60.7 Å². The van der Waals surface area contributed by atoms with Crippen LogP contribution in [-0.4, -0.2) is 25.0 Å². The molecule has 124 valence electrons. The Morgan fingerprint density at radius 2 is 1.88 bits per heavy atom. The molecule has 0 atom stereocenters. The Morgan fingerprint density at radius 1 is 1.08 bits per heavy atom. The number of hydrogen-bond donors (Lipinski definition) is 1. The predicted octanol–water partition coefficient (Wildman–Crippen LogP) is 2.91. The van der Waals surface area contributed by atoms with E-state index in [-0.39, 0.29) is 12.5 Å². The van der Waals surface area contributed by atoms with E-state index < -0.39 is 5.97 Å². The van der Waals surface area contributed by atoms with Crippen LogP contribution in [0.25, 0.3) is 6.08 Å². The zero-order chi connectivity index (χ0) is 17.2. The lowest BCUT2D eigenvalue weighted by Crippen LogP contribution is -2.30. The molecule has 24 heavy (non-hydrogen) atoms. The van der Waals surface area contributed by atoms with E-state index in [9.17, 15) is 9.59 Å². The summed E-state index contributed by atoms with van der Waals surface area (Å²) in [6.07, 6.45) is 3.74. The predicted molar refractivity (Wildman–Crippen MR) is 94.3 cm³/mol. The van der Waals surface area contributed by atoms with Crippen molar-refractivity contribution in [2.75, 3.05) is 13.2 Å². The second kappa shape index (κ2) is 9.30. The van der Waals surface area contributed by atoms with Crippen molar-refractivity contribution in [1.82, 2.24) is 5.32 Å². The summed E-state index contributed by atoms with van der Waals surface area (Å²) in [6.45, 7) is 2.22. The van der Waals surface area contributed by atoms with Crippen LogP contribution in [-0.2, 0) is 20.7 Å². The van der Waals surface area contributed by atoms with Crippen LogP contribution in [0.5, 0.6) is 0 Å². The van der Waals surface area contributed by atoms with Gasteiger partial charge in [-0.05, 0) is 30.5 Å². The van der Waals surface area contributed by atoms with Gasteiger partial charge < -0.3 is 10.1 Å². The highest BCUT2D eigenvalue weighted by Gasteiger charge is 2.04. The summed E-state index contributed by atoms with van der Waals surface area (Å²) >= 11 is 0.